The van der Waals surface area contributed by atoms with Crippen molar-refractivity contribution in [1.82, 2.24) is 10.3 Å². The van der Waals surface area contributed by atoms with Crippen LogP contribution in [0.2, 0.25) is 0 Å². The Hall–Kier alpha value is -0.360. The van der Waals surface area contributed by atoms with E-state index in [1.807, 2.05) is 11.3 Å². The zero-order valence-corrected chi connectivity index (χ0v) is 13.7. The second-order valence-corrected chi connectivity index (χ2v) is 8.14. The summed E-state index contributed by atoms with van der Waals surface area (Å²) in [5.74, 6) is 2.47. The number of thiazole rings is 1. The van der Waals surface area contributed by atoms with Crippen LogP contribution in [0.5, 0.6) is 0 Å². The average Bonchev–Trinajstić information content (AvgIpc) is 3.01. The largest absolute Gasteiger partial charge is 0.312 e. The highest BCUT2D eigenvalue weighted by atomic mass is 32.2. The molecule has 2 aromatic heterocycles. The Morgan fingerprint density at radius 1 is 1.47 bits per heavy atom. The van der Waals surface area contributed by atoms with E-state index in [0.717, 1.165) is 11.4 Å². The van der Waals surface area contributed by atoms with Gasteiger partial charge in [-0.15, -0.1) is 22.7 Å². The normalized spacial score (nSPS) is 16.3. The summed E-state index contributed by atoms with van der Waals surface area (Å²) in [4.78, 5) is 7.66. The van der Waals surface area contributed by atoms with Crippen LogP contribution in [-0.2, 0) is 18.6 Å². The van der Waals surface area contributed by atoms with E-state index < -0.39 is 0 Å². The van der Waals surface area contributed by atoms with Gasteiger partial charge in [-0.05, 0) is 37.8 Å². The molecule has 0 spiro atoms. The molecule has 1 N–H and O–H groups in total. The van der Waals surface area contributed by atoms with E-state index in [-0.39, 0.29) is 0 Å². The lowest BCUT2D eigenvalue weighted by Gasteiger charge is -2.12. The van der Waals surface area contributed by atoms with Gasteiger partial charge in [0.15, 0.2) is 0 Å². The Balaban J connectivity index is 1.79. The summed E-state index contributed by atoms with van der Waals surface area (Å²) in [6, 6.07) is 2.81. The highest BCUT2D eigenvalue weighted by molar-refractivity contribution is 7.98. The average molecular weight is 311 g/mol. The second-order valence-electron chi connectivity index (χ2n) is 4.80. The van der Waals surface area contributed by atoms with Crippen LogP contribution in [0.1, 0.15) is 32.1 Å². The maximum absolute atomic E-state index is 4.58. The van der Waals surface area contributed by atoms with E-state index in [1.165, 1.54) is 28.5 Å². The topological polar surface area (TPSA) is 24.9 Å². The molecule has 1 atom stereocenters. The first-order valence-corrected chi connectivity index (χ1v) is 9.39. The SMILES string of the molecule is CNC(Cc1csc(C)n1)c1cc2c(s1)CCSC2. The summed E-state index contributed by atoms with van der Waals surface area (Å²) in [6.07, 6.45) is 2.24. The lowest BCUT2D eigenvalue weighted by atomic mass is 10.1. The summed E-state index contributed by atoms with van der Waals surface area (Å²) >= 11 is 5.79. The first-order valence-electron chi connectivity index (χ1n) is 6.53. The van der Waals surface area contributed by atoms with Gasteiger partial charge in [-0.25, -0.2) is 4.98 Å². The van der Waals surface area contributed by atoms with Gasteiger partial charge in [0.1, 0.15) is 0 Å². The van der Waals surface area contributed by atoms with E-state index in [2.05, 4.69) is 47.5 Å². The van der Waals surface area contributed by atoms with Crippen LogP contribution in [0.3, 0.4) is 0 Å². The Bertz CT molecular complexity index is 535. The third kappa shape index (κ3) is 3.05. The number of thiophene rings is 1. The predicted molar refractivity (Wildman–Crippen MR) is 86.5 cm³/mol. The number of rotatable bonds is 4. The van der Waals surface area contributed by atoms with Crippen molar-refractivity contribution in [2.24, 2.45) is 0 Å². The van der Waals surface area contributed by atoms with Crippen molar-refractivity contribution in [2.75, 3.05) is 12.8 Å². The number of aryl methyl sites for hydroxylation is 2. The second kappa shape index (κ2) is 5.95. The third-order valence-electron chi connectivity index (χ3n) is 3.42. The number of aromatic nitrogens is 1. The molecule has 0 aromatic carbocycles. The minimum atomic E-state index is 0.405. The van der Waals surface area contributed by atoms with E-state index in [0.29, 0.717) is 6.04 Å². The fraction of sp³-hybridized carbons (Fsp3) is 0.500. The number of nitrogens with one attached hydrogen (secondary N) is 1. The molecular weight excluding hydrogens is 292 g/mol. The molecule has 2 nitrogen and oxygen atoms in total. The van der Waals surface area contributed by atoms with Crippen LogP contribution < -0.4 is 5.32 Å². The van der Waals surface area contributed by atoms with Gasteiger partial charge in [0, 0.05) is 33.3 Å². The van der Waals surface area contributed by atoms with Gasteiger partial charge in [0.05, 0.1) is 10.7 Å². The van der Waals surface area contributed by atoms with Crippen LogP contribution >= 0.6 is 34.4 Å². The lowest BCUT2D eigenvalue weighted by molar-refractivity contribution is 0.595. The third-order valence-corrected chi connectivity index (χ3v) is 6.60. The maximum Gasteiger partial charge on any atom is 0.0897 e. The minimum Gasteiger partial charge on any atom is -0.312 e. The quantitative estimate of drug-likeness (QED) is 0.929. The van der Waals surface area contributed by atoms with Crippen molar-refractivity contribution in [3.05, 3.63) is 37.5 Å². The van der Waals surface area contributed by atoms with Crippen LogP contribution in [0.15, 0.2) is 11.4 Å². The minimum absolute atomic E-state index is 0.405. The standard InChI is InChI=1S/C14H18N2S3/c1-9-16-11(8-18-9)6-12(15-2)14-5-10-7-17-4-3-13(10)19-14/h5,8,12,15H,3-4,6-7H2,1-2H3. The molecule has 0 radical (unpaired) electrons. The van der Waals surface area contributed by atoms with Crippen LogP contribution in [0.4, 0.5) is 0 Å². The smallest absolute Gasteiger partial charge is 0.0897 e. The molecule has 0 fully saturated rings. The maximum atomic E-state index is 4.58. The molecule has 1 unspecified atom stereocenters. The molecule has 5 heteroatoms. The number of hydrogen-bond donors (Lipinski definition) is 1. The van der Waals surface area contributed by atoms with Crippen molar-refractivity contribution in [3.8, 4) is 0 Å². The van der Waals surface area contributed by atoms with Crippen LogP contribution in [0.25, 0.3) is 0 Å². The Morgan fingerprint density at radius 2 is 2.37 bits per heavy atom. The monoisotopic (exact) mass is 310 g/mol. The summed E-state index contributed by atoms with van der Waals surface area (Å²) in [5, 5.41) is 6.80. The summed E-state index contributed by atoms with van der Waals surface area (Å²) in [5.41, 5.74) is 2.77. The van der Waals surface area contributed by atoms with Gasteiger partial charge in [-0.2, -0.15) is 11.8 Å². The molecular formula is C14H18N2S3. The molecule has 0 saturated heterocycles. The molecule has 0 amide bonds. The molecule has 2 aromatic rings. The number of fused-ring (bicyclic) bond motifs is 1. The lowest BCUT2D eigenvalue weighted by Crippen LogP contribution is -2.17. The van der Waals surface area contributed by atoms with Crippen molar-refractivity contribution in [3.63, 3.8) is 0 Å². The molecule has 3 rings (SSSR count). The number of nitrogens with zero attached hydrogens (tertiary/aromatic N) is 1. The van der Waals surface area contributed by atoms with Gasteiger partial charge in [-0.1, -0.05) is 0 Å². The molecule has 102 valence electrons. The van der Waals surface area contributed by atoms with Gasteiger partial charge < -0.3 is 5.32 Å². The van der Waals surface area contributed by atoms with E-state index >= 15 is 0 Å². The summed E-state index contributed by atoms with van der Waals surface area (Å²) in [7, 11) is 2.05. The van der Waals surface area contributed by atoms with E-state index in [9.17, 15) is 0 Å². The number of likely N-dealkylation sites (N-methyl/N-ethyl adjacent to an activating group) is 1. The zero-order chi connectivity index (χ0) is 13.2. The molecule has 1 aliphatic rings. The first-order chi connectivity index (χ1) is 9.26. The van der Waals surface area contributed by atoms with Crippen molar-refractivity contribution >= 4 is 34.4 Å². The van der Waals surface area contributed by atoms with Gasteiger partial charge in [0.25, 0.3) is 0 Å². The van der Waals surface area contributed by atoms with Crippen molar-refractivity contribution < 1.29 is 0 Å². The fourth-order valence-corrected chi connectivity index (χ4v) is 5.51. The Morgan fingerprint density at radius 3 is 3.05 bits per heavy atom. The number of hydrogen-bond acceptors (Lipinski definition) is 5. The van der Waals surface area contributed by atoms with Gasteiger partial charge >= 0.3 is 0 Å². The number of thioether (sulfide) groups is 1. The van der Waals surface area contributed by atoms with Crippen molar-refractivity contribution in [2.45, 2.75) is 31.6 Å². The van der Waals surface area contributed by atoms with Crippen LogP contribution in [-0.4, -0.2) is 17.8 Å². The molecule has 0 aliphatic carbocycles. The van der Waals surface area contributed by atoms with E-state index in [1.54, 1.807) is 21.8 Å². The highest BCUT2D eigenvalue weighted by Gasteiger charge is 2.19. The van der Waals surface area contributed by atoms with Gasteiger partial charge in [-0.3, -0.25) is 0 Å². The predicted octanol–water partition coefficient (Wildman–Crippen LogP) is 3.81. The molecule has 0 bridgehead atoms. The first kappa shape index (κ1) is 13.6. The molecule has 1 aliphatic heterocycles. The van der Waals surface area contributed by atoms with Crippen LogP contribution in [0, 0.1) is 6.92 Å². The summed E-state index contributed by atoms with van der Waals surface area (Å²) < 4.78 is 0. The Kier molecular flexibility index (Phi) is 4.27. The Labute approximate surface area is 126 Å². The molecule has 3 heterocycles. The van der Waals surface area contributed by atoms with Crippen molar-refractivity contribution in [1.29, 1.82) is 0 Å². The zero-order valence-electron chi connectivity index (χ0n) is 11.2. The van der Waals surface area contributed by atoms with Gasteiger partial charge in [0.2, 0.25) is 0 Å². The molecule has 19 heavy (non-hydrogen) atoms. The summed E-state index contributed by atoms with van der Waals surface area (Å²) in [6.45, 7) is 2.07. The highest BCUT2D eigenvalue weighted by Crippen LogP contribution is 2.35. The molecule has 0 saturated carbocycles. The van der Waals surface area contributed by atoms with E-state index in [4.69, 9.17) is 0 Å². The fourth-order valence-electron chi connectivity index (χ4n) is 2.40.